The summed E-state index contributed by atoms with van der Waals surface area (Å²) < 4.78 is 14.9. The van der Waals surface area contributed by atoms with Crippen LogP contribution in [0.15, 0.2) is 52.1 Å². The van der Waals surface area contributed by atoms with Gasteiger partial charge in [-0.15, -0.1) is 0 Å². The summed E-state index contributed by atoms with van der Waals surface area (Å²) >= 11 is 0. The average molecular weight is 469 g/mol. The van der Waals surface area contributed by atoms with E-state index in [0.29, 0.717) is 0 Å². The third-order valence-electron chi connectivity index (χ3n) is 4.59. The minimum absolute atomic E-state index is 0.0164. The van der Waals surface area contributed by atoms with Gasteiger partial charge in [0, 0.05) is 5.69 Å². The van der Waals surface area contributed by atoms with E-state index in [9.17, 15) is 28.8 Å². The number of hydrogen-bond acceptors (Lipinski definition) is 9. The molecule has 0 fully saturated rings. The predicted molar refractivity (Wildman–Crippen MR) is 118 cm³/mol. The van der Waals surface area contributed by atoms with E-state index in [4.69, 9.17) is 4.74 Å². The fourth-order valence-corrected chi connectivity index (χ4v) is 3.05. The molecule has 0 atom stereocenters. The van der Waals surface area contributed by atoms with E-state index in [1.54, 1.807) is 12.1 Å². The fraction of sp³-hybridized carbons (Fsp3) is 0.182. The van der Waals surface area contributed by atoms with Gasteiger partial charge in [0.1, 0.15) is 6.54 Å². The molecule has 3 rings (SSSR count). The van der Waals surface area contributed by atoms with Gasteiger partial charge in [-0.25, -0.2) is 14.3 Å². The Morgan fingerprint density at radius 2 is 1.50 bits per heavy atom. The summed E-state index contributed by atoms with van der Waals surface area (Å²) in [6.07, 6.45) is 0. The summed E-state index contributed by atoms with van der Waals surface area (Å²) in [5, 5.41) is 4.97. The van der Waals surface area contributed by atoms with E-state index >= 15 is 0 Å². The molecule has 0 aliphatic heterocycles. The molecule has 0 aliphatic rings. The number of nitrogens with one attached hydrogen (secondary N) is 2. The smallest absolute Gasteiger partial charge is 0.337 e. The second-order valence-electron chi connectivity index (χ2n) is 6.87. The van der Waals surface area contributed by atoms with Gasteiger partial charge < -0.3 is 19.5 Å². The number of carbonyl (C=O) groups is 4. The summed E-state index contributed by atoms with van der Waals surface area (Å²) in [6.45, 7) is -1.36. The van der Waals surface area contributed by atoms with Crippen molar-refractivity contribution in [3.05, 3.63) is 74.3 Å². The predicted octanol–water partition coefficient (Wildman–Crippen LogP) is 0.445. The lowest BCUT2D eigenvalue weighted by molar-refractivity contribution is -0.148. The maximum Gasteiger partial charge on any atom is 0.337 e. The number of hydrogen-bond donors (Lipinski definition) is 2. The number of aromatic amines is 1. The molecule has 2 aromatic carbocycles. The molecule has 0 bridgehead atoms. The number of fused-ring (bicyclic) bond motifs is 1. The molecule has 0 saturated carbocycles. The van der Waals surface area contributed by atoms with Gasteiger partial charge in [-0.1, -0.05) is 12.1 Å². The molecule has 1 heterocycles. The number of rotatable bonds is 7. The Morgan fingerprint density at radius 1 is 0.912 bits per heavy atom. The highest BCUT2D eigenvalue weighted by atomic mass is 16.5. The van der Waals surface area contributed by atoms with Crippen molar-refractivity contribution in [1.82, 2.24) is 9.78 Å². The molecule has 12 heteroatoms. The fourth-order valence-electron chi connectivity index (χ4n) is 3.05. The first-order valence-corrected chi connectivity index (χ1v) is 9.72. The summed E-state index contributed by atoms with van der Waals surface area (Å²) in [7, 11) is 2.30. The van der Waals surface area contributed by atoms with Gasteiger partial charge in [-0.2, -0.15) is 0 Å². The van der Waals surface area contributed by atoms with Crippen molar-refractivity contribution in [3.8, 4) is 0 Å². The zero-order valence-electron chi connectivity index (χ0n) is 18.1. The minimum atomic E-state index is -0.957. The number of methoxy groups -OCH3 is 2. The van der Waals surface area contributed by atoms with Gasteiger partial charge in [0.15, 0.2) is 6.61 Å². The van der Waals surface area contributed by atoms with Crippen molar-refractivity contribution in [2.75, 3.05) is 26.1 Å². The van der Waals surface area contributed by atoms with Crippen LogP contribution in [0.5, 0.6) is 0 Å². The van der Waals surface area contributed by atoms with Gasteiger partial charge in [-0.05, 0) is 30.3 Å². The van der Waals surface area contributed by atoms with Crippen LogP contribution < -0.4 is 16.4 Å². The van der Waals surface area contributed by atoms with Crippen molar-refractivity contribution in [1.29, 1.82) is 0 Å². The van der Waals surface area contributed by atoms with Crippen molar-refractivity contribution in [2.45, 2.75) is 6.54 Å². The molecule has 0 spiro atoms. The number of anilines is 1. The Bertz CT molecular complexity index is 1370. The molecule has 3 aromatic rings. The second-order valence-corrected chi connectivity index (χ2v) is 6.87. The monoisotopic (exact) mass is 469 g/mol. The average Bonchev–Trinajstić information content (AvgIpc) is 2.84. The molecule has 176 valence electrons. The Hall–Kier alpha value is -4.74. The Morgan fingerprint density at radius 3 is 2.09 bits per heavy atom. The number of aromatic nitrogens is 2. The van der Waals surface area contributed by atoms with Crippen LogP contribution in [0.2, 0.25) is 0 Å². The van der Waals surface area contributed by atoms with E-state index in [1.165, 1.54) is 30.3 Å². The van der Waals surface area contributed by atoms with E-state index in [2.05, 4.69) is 19.9 Å². The zero-order valence-corrected chi connectivity index (χ0v) is 18.1. The molecular weight excluding hydrogens is 450 g/mol. The second kappa shape index (κ2) is 10.3. The molecule has 0 aliphatic carbocycles. The van der Waals surface area contributed by atoms with Crippen LogP contribution in [0.25, 0.3) is 10.8 Å². The summed E-state index contributed by atoms with van der Waals surface area (Å²) in [6, 6.07) is 9.86. The largest absolute Gasteiger partial charge is 0.465 e. The number of benzene rings is 2. The van der Waals surface area contributed by atoms with E-state index in [1.807, 2.05) is 0 Å². The minimum Gasteiger partial charge on any atom is -0.465 e. The number of amides is 1. The number of ether oxygens (including phenoxy) is 3. The van der Waals surface area contributed by atoms with Crippen LogP contribution in [-0.2, 0) is 30.3 Å². The molecular formula is C22H19N3O9. The number of nitrogens with zero attached hydrogens (tertiary/aromatic N) is 1. The summed E-state index contributed by atoms with van der Waals surface area (Å²) in [4.78, 5) is 72.5. The first kappa shape index (κ1) is 23.9. The first-order valence-electron chi connectivity index (χ1n) is 9.72. The van der Waals surface area contributed by atoms with Crippen LogP contribution >= 0.6 is 0 Å². The molecule has 2 N–H and O–H groups in total. The lowest BCUT2D eigenvalue weighted by atomic mass is 10.1. The Balaban J connectivity index is 1.68. The summed E-state index contributed by atoms with van der Waals surface area (Å²) in [5.41, 5.74) is -1.15. The van der Waals surface area contributed by atoms with E-state index < -0.39 is 48.1 Å². The lowest BCUT2D eigenvalue weighted by Crippen LogP contribution is -2.33. The SMILES string of the molecule is COC(=O)c1cc(NC(=O)COC(=O)Cn2[nH]c(=O)c3ccccc3c2=O)cc(C(=O)OC)c1. The first-order chi connectivity index (χ1) is 16.2. The van der Waals surface area contributed by atoms with Crippen molar-refractivity contribution in [2.24, 2.45) is 0 Å². The highest BCUT2D eigenvalue weighted by Crippen LogP contribution is 2.17. The molecule has 0 saturated heterocycles. The normalized spacial score (nSPS) is 10.4. The number of esters is 3. The van der Waals surface area contributed by atoms with Crippen LogP contribution in [0.4, 0.5) is 5.69 Å². The molecule has 0 unspecified atom stereocenters. The van der Waals surface area contributed by atoms with Gasteiger partial charge in [0.2, 0.25) is 0 Å². The quantitative estimate of drug-likeness (QED) is 0.369. The van der Waals surface area contributed by atoms with Crippen LogP contribution in [-0.4, -0.2) is 54.4 Å². The summed E-state index contributed by atoms with van der Waals surface area (Å²) in [5.74, 6) is -3.24. The van der Waals surface area contributed by atoms with Gasteiger partial charge in [0.25, 0.3) is 17.0 Å². The van der Waals surface area contributed by atoms with Gasteiger partial charge >= 0.3 is 17.9 Å². The van der Waals surface area contributed by atoms with Crippen LogP contribution in [0, 0.1) is 0 Å². The van der Waals surface area contributed by atoms with Crippen LogP contribution in [0.1, 0.15) is 20.7 Å². The van der Waals surface area contributed by atoms with Crippen molar-refractivity contribution < 1.29 is 33.4 Å². The molecule has 1 aromatic heterocycles. The third kappa shape index (κ3) is 5.35. The third-order valence-corrected chi connectivity index (χ3v) is 4.59. The highest BCUT2D eigenvalue weighted by Gasteiger charge is 2.16. The number of H-pyrrole nitrogens is 1. The van der Waals surface area contributed by atoms with Gasteiger partial charge in [-0.3, -0.25) is 24.3 Å². The topological polar surface area (TPSA) is 163 Å². The molecule has 12 nitrogen and oxygen atoms in total. The standard InChI is InChI=1S/C22H19N3O9/c1-32-21(30)12-7-13(22(31)33-2)9-14(8-12)23-17(26)11-34-18(27)10-25-20(29)16-6-4-3-5-15(16)19(28)24-25/h3-9H,10-11H2,1-2H3,(H,23,26)(H,24,28). The maximum absolute atomic E-state index is 12.4. The van der Waals surface area contributed by atoms with Crippen molar-refractivity contribution >= 4 is 40.3 Å². The molecule has 1 amide bonds. The molecule has 0 radical (unpaired) electrons. The Kier molecular flexibility index (Phi) is 7.21. The maximum atomic E-state index is 12.4. The zero-order chi connectivity index (χ0) is 24.8. The van der Waals surface area contributed by atoms with Crippen LogP contribution in [0.3, 0.4) is 0 Å². The van der Waals surface area contributed by atoms with E-state index in [0.717, 1.165) is 18.9 Å². The van der Waals surface area contributed by atoms with E-state index in [-0.39, 0.29) is 27.6 Å². The van der Waals surface area contributed by atoms with Gasteiger partial charge in [0.05, 0.1) is 36.1 Å². The number of carbonyl (C=O) groups excluding carboxylic acids is 4. The lowest BCUT2D eigenvalue weighted by Gasteiger charge is -2.10. The van der Waals surface area contributed by atoms with Crippen molar-refractivity contribution in [3.63, 3.8) is 0 Å². The highest BCUT2D eigenvalue weighted by molar-refractivity contribution is 6.00. The Labute approximate surface area is 191 Å². The molecule has 34 heavy (non-hydrogen) atoms.